The number of nitrogens with zero attached hydrogens (tertiary/aromatic N) is 1. The number of thiocarbonyl (C=S) groups is 1. The molecule has 2 aromatic rings. The van der Waals surface area contributed by atoms with E-state index in [9.17, 15) is 10.1 Å². The molecule has 0 aliphatic heterocycles. The fourth-order valence-corrected chi connectivity index (χ4v) is 3.18. The predicted molar refractivity (Wildman–Crippen MR) is 95.2 cm³/mol. The molecule has 0 saturated heterocycles. The standard InChI is InChI=1S/C16H15N3O2S2/c1-9-10(2)23-15(13(9)8-17)19-16(22)18-14(20)11-4-6-12(21-3)7-5-11/h4-7H,1-3H3,(H2,18,19,20,22). The second kappa shape index (κ2) is 7.22. The maximum atomic E-state index is 12.1. The van der Waals surface area contributed by atoms with Crippen LogP contribution < -0.4 is 15.4 Å². The molecule has 0 unspecified atom stereocenters. The highest BCUT2D eigenvalue weighted by molar-refractivity contribution is 7.80. The molecule has 0 radical (unpaired) electrons. The Bertz CT molecular complexity index is 789. The van der Waals surface area contributed by atoms with Gasteiger partial charge >= 0.3 is 0 Å². The summed E-state index contributed by atoms with van der Waals surface area (Å²) < 4.78 is 5.05. The van der Waals surface area contributed by atoms with Gasteiger partial charge in [-0.1, -0.05) is 0 Å². The molecule has 5 nitrogen and oxygen atoms in total. The number of amides is 1. The first kappa shape index (κ1) is 16.9. The molecule has 0 fully saturated rings. The molecule has 0 aliphatic rings. The molecule has 0 bridgehead atoms. The van der Waals surface area contributed by atoms with Crippen LogP contribution >= 0.6 is 23.6 Å². The molecule has 23 heavy (non-hydrogen) atoms. The normalized spacial score (nSPS) is 9.83. The third-order valence-electron chi connectivity index (χ3n) is 3.30. The van der Waals surface area contributed by atoms with Crippen molar-refractivity contribution in [1.82, 2.24) is 5.32 Å². The molecule has 0 atom stereocenters. The van der Waals surface area contributed by atoms with Crippen molar-refractivity contribution in [2.45, 2.75) is 13.8 Å². The zero-order chi connectivity index (χ0) is 17.0. The maximum absolute atomic E-state index is 12.1. The monoisotopic (exact) mass is 345 g/mol. The zero-order valence-electron chi connectivity index (χ0n) is 12.9. The highest BCUT2D eigenvalue weighted by Gasteiger charge is 2.14. The van der Waals surface area contributed by atoms with Gasteiger partial charge in [-0.3, -0.25) is 10.1 Å². The maximum Gasteiger partial charge on any atom is 0.257 e. The van der Waals surface area contributed by atoms with Gasteiger partial charge in [0.15, 0.2) is 5.11 Å². The Hall–Kier alpha value is -2.43. The first-order valence-electron chi connectivity index (χ1n) is 6.72. The largest absolute Gasteiger partial charge is 0.497 e. The number of nitrogens with one attached hydrogen (secondary N) is 2. The molecule has 1 aromatic heterocycles. The summed E-state index contributed by atoms with van der Waals surface area (Å²) in [5.74, 6) is 0.346. The van der Waals surface area contributed by atoms with Crippen molar-refractivity contribution in [2.24, 2.45) is 0 Å². The van der Waals surface area contributed by atoms with Crippen molar-refractivity contribution in [3.05, 3.63) is 45.8 Å². The molecule has 1 amide bonds. The minimum absolute atomic E-state index is 0.156. The molecule has 118 valence electrons. The second-order valence-electron chi connectivity index (χ2n) is 4.74. The lowest BCUT2D eigenvalue weighted by Gasteiger charge is -2.09. The van der Waals surface area contributed by atoms with Crippen LogP contribution in [0, 0.1) is 25.2 Å². The number of carbonyl (C=O) groups excluding carboxylic acids is 1. The molecule has 0 aliphatic carbocycles. The summed E-state index contributed by atoms with van der Waals surface area (Å²) in [5.41, 5.74) is 1.94. The summed E-state index contributed by atoms with van der Waals surface area (Å²) in [6, 6.07) is 8.85. The number of methoxy groups -OCH3 is 1. The van der Waals surface area contributed by atoms with Gasteiger partial charge in [-0.25, -0.2) is 0 Å². The lowest BCUT2D eigenvalue weighted by atomic mass is 10.2. The molecule has 0 spiro atoms. The van der Waals surface area contributed by atoms with Gasteiger partial charge in [0.1, 0.15) is 16.8 Å². The fraction of sp³-hybridized carbons (Fsp3) is 0.188. The fourth-order valence-electron chi connectivity index (χ4n) is 1.90. The number of aryl methyl sites for hydroxylation is 1. The summed E-state index contributed by atoms with van der Waals surface area (Å²) in [7, 11) is 1.56. The predicted octanol–water partition coefficient (Wildman–Crippen LogP) is 3.37. The van der Waals surface area contributed by atoms with Crippen LogP contribution in [0.4, 0.5) is 5.00 Å². The first-order chi connectivity index (χ1) is 11.0. The van der Waals surface area contributed by atoms with Gasteiger partial charge in [0.25, 0.3) is 5.91 Å². The van der Waals surface area contributed by atoms with Crippen LogP contribution in [-0.4, -0.2) is 18.1 Å². The Morgan fingerprint density at radius 3 is 2.52 bits per heavy atom. The third-order valence-corrected chi connectivity index (χ3v) is 4.63. The van der Waals surface area contributed by atoms with E-state index in [4.69, 9.17) is 17.0 Å². The molecule has 2 rings (SSSR count). The van der Waals surface area contributed by atoms with E-state index in [0.29, 0.717) is 21.9 Å². The number of benzene rings is 1. The number of nitriles is 1. The number of ether oxygens (including phenoxy) is 1. The average Bonchev–Trinajstić information content (AvgIpc) is 2.80. The zero-order valence-corrected chi connectivity index (χ0v) is 14.5. The number of anilines is 1. The van der Waals surface area contributed by atoms with Crippen molar-refractivity contribution in [3.63, 3.8) is 0 Å². The van der Waals surface area contributed by atoms with E-state index in [1.807, 2.05) is 13.8 Å². The Morgan fingerprint density at radius 1 is 1.30 bits per heavy atom. The van der Waals surface area contributed by atoms with E-state index in [2.05, 4.69) is 16.7 Å². The molecule has 2 N–H and O–H groups in total. The van der Waals surface area contributed by atoms with Crippen molar-refractivity contribution in [3.8, 4) is 11.8 Å². The smallest absolute Gasteiger partial charge is 0.257 e. The molecular formula is C16H15N3O2S2. The van der Waals surface area contributed by atoms with Crippen LogP contribution in [0.1, 0.15) is 26.4 Å². The second-order valence-corrected chi connectivity index (χ2v) is 6.37. The topological polar surface area (TPSA) is 74.2 Å². The van der Waals surface area contributed by atoms with Gasteiger partial charge in [0.05, 0.1) is 12.7 Å². The average molecular weight is 345 g/mol. The van der Waals surface area contributed by atoms with E-state index in [1.54, 1.807) is 31.4 Å². The highest BCUT2D eigenvalue weighted by Crippen LogP contribution is 2.31. The summed E-state index contributed by atoms with van der Waals surface area (Å²) in [6.07, 6.45) is 0. The van der Waals surface area contributed by atoms with Crippen LogP contribution in [0.15, 0.2) is 24.3 Å². The Kier molecular flexibility index (Phi) is 5.32. The van der Waals surface area contributed by atoms with Gasteiger partial charge in [-0.2, -0.15) is 5.26 Å². The molecule has 1 aromatic carbocycles. The van der Waals surface area contributed by atoms with Gasteiger partial charge in [0.2, 0.25) is 0 Å². The molecule has 7 heteroatoms. The van der Waals surface area contributed by atoms with E-state index in [-0.39, 0.29) is 11.0 Å². The van der Waals surface area contributed by atoms with Gasteiger partial charge in [-0.15, -0.1) is 11.3 Å². The van der Waals surface area contributed by atoms with Crippen LogP contribution in [0.3, 0.4) is 0 Å². The molecule has 1 heterocycles. The number of hydrogen-bond donors (Lipinski definition) is 2. The van der Waals surface area contributed by atoms with Crippen molar-refractivity contribution in [1.29, 1.82) is 5.26 Å². The summed E-state index contributed by atoms with van der Waals surface area (Å²) in [6.45, 7) is 3.82. The van der Waals surface area contributed by atoms with Crippen LogP contribution in [-0.2, 0) is 0 Å². The van der Waals surface area contributed by atoms with Crippen molar-refractivity contribution < 1.29 is 9.53 Å². The van der Waals surface area contributed by atoms with Gasteiger partial charge in [0, 0.05) is 10.4 Å². The summed E-state index contributed by atoms with van der Waals surface area (Å²) in [4.78, 5) is 13.2. The Morgan fingerprint density at radius 2 is 1.96 bits per heavy atom. The lowest BCUT2D eigenvalue weighted by Crippen LogP contribution is -2.34. The Balaban J connectivity index is 2.06. The minimum Gasteiger partial charge on any atom is -0.497 e. The van der Waals surface area contributed by atoms with E-state index >= 15 is 0 Å². The highest BCUT2D eigenvalue weighted by atomic mass is 32.1. The van der Waals surface area contributed by atoms with Gasteiger partial charge < -0.3 is 10.1 Å². The number of hydrogen-bond acceptors (Lipinski definition) is 5. The quantitative estimate of drug-likeness (QED) is 0.834. The van der Waals surface area contributed by atoms with Crippen molar-refractivity contribution in [2.75, 3.05) is 12.4 Å². The third kappa shape index (κ3) is 3.86. The van der Waals surface area contributed by atoms with Crippen LogP contribution in [0.25, 0.3) is 0 Å². The molecular weight excluding hydrogens is 330 g/mol. The van der Waals surface area contributed by atoms with Gasteiger partial charge in [-0.05, 0) is 55.9 Å². The number of thiophene rings is 1. The lowest BCUT2D eigenvalue weighted by molar-refractivity contribution is 0.0977. The van der Waals surface area contributed by atoms with E-state index < -0.39 is 0 Å². The van der Waals surface area contributed by atoms with Crippen LogP contribution in [0.2, 0.25) is 0 Å². The van der Waals surface area contributed by atoms with Crippen LogP contribution in [0.5, 0.6) is 5.75 Å². The summed E-state index contributed by atoms with van der Waals surface area (Å²) in [5, 5.41) is 15.5. The number of rotatable bonds is 3. The van der Waals surface area contributed by atoms with E-state index in [1.165, 1.54) is 11.3 Å². The summed E-state index contributed by atoms with van der Waals surface area (Å²) >= 11 is 6.58. The first-order valence-corrected chi connectivity index (χ1v) is 7.95. The Labute approximate surface area is 143 Å². The number of carbonyl (C=O) groups is 1. The van der Waals surface area contributed by atoms with E-state index in [0.717, 1.165) is 10.4 Å². The van der Waals surface area contributed by atoms with Crippen molar-refractivity contribution >= 4 is 39.6 Å². The minimum atomic E-state index is -0.325. The molecule has 0 saturated carbocycles. The SMILES string of the molecule is COc1ccc(C(=O)NC(=S)Nc2sc(C)c(C)c2C#N)cc1.